The molecule has 4 aromatic rings. The Morgan fingerprint density at radius 1 is 1.03 bits per heavy atom. The number of pyridine rings is 1. The van der Waals surface area contributed by atoms with Crippen LogP contribution in [0.1, 0.15) is 37.3 Å². The molecule has 168 valence electrons. The summed E-state index contributed by atoms with van der Waals surface area (Å²) < 4.78 is 13.1. The van der Waals surface area contributed by atoms with Gasteiger partial charge >= 0.3 is 0 Å². The van der Waals surface area contributed by atoms with Crippen LogP contribution in [0.25, 0.3) is 22.6 Å². The zero-order valence-corrected chi connectivity index (χ0v) is 18.3. The van der Waals surface area contributed by atoms with E-state index in [0.29, 0.717) is 18.2 Å². The van der Waals surface area contributed by atoms with E-state index in [2.05, 4.69) is 4.98 Å². The SMILES string of the molecule is O=c1cc(-c2ccccc2OCc2ccc(-c3ncco3)cc2)ccn1[C@H]1CCCC[C@@H]1O. The van der Waals surface area contributed by atoms with E-state index in [4.69, 9.17) is 9.15 Å². The minimum atomic E-state index is -0.465. The first-order valence-corrected chi connectivity index (χ1v) is 11.3. The molecule has 5 rings (SSSR count). The van der Waals surface area contributed by atoms with Crippen molar-refractivity contribution in [3.63, 3.8) is 0 Å². The maximum absolute atomic E-state index is 12.9. The standard InChI is InChI=1S/C27H26N2O4/c30-24-7-3-2-6-23(24)29-15-13-21(17-26(29)31)22-5-1-4-8-25(22)33-18-19-9-11-20(12-10-19)27-28-14-16-32-27/h1,4-5,8-17,23-24,30H,2-3,6-7,18H2/t23-,24-/m0/s1. The first-order chi connectivity index (χ1) is 16.2. The van der Waals surface area contributed by atoms with Crippen molar-refractivity contribution in [3.05, 3.63) is 95.2 Å². The van der Waals surface area contributed by atoms with Gasteiger partial charge in [0.15, 0.2) is 0 Å². The minimum absolute atomic E-state index is 0.102. The van der Waals surface area contributed by atoms with E-state index in [1.54, 1.807) is 29.3 Å². The van der Waals surface area contributed by atoms with Crippen LogP contribution in [0.15, 0.2) is 88.5 Å². The number of aliphatic hydroxyl groups excluding tert-OH is 1. The van der Waals surface area contributed by atoms with Gasteiger partial charge in [0.05, 0.1) is 18.3 Å². The third-order valence-electron chi connectivity index (χ3n) is 6.22. The van der Waals surface area contributed by atoms with Crippen molar-refractivity contribution >= 4 is 0 Å². The van der Waals surface area contributed by atoms with Crippen molar-refractivity contribution in [2.75, 3.05) is 0 Å². The van der Waals surface area contributed by atoms with E-state index < -0.39 is 6.10 Å². The molecule has 1 saturated carbocycles. The molecule has 2 atom stereocenters. The van der Waals surface area contributed by atoms with Gasteiger partial charge < -0.3 is 18.8 Å². The summed E-state index contributed by atoms with van der Waals surface area (Å²) in [5.74, 6) is 1.30. The summed E-state index contributed by atoms with van der Waals surface area (Å²) in [4.78, 5) is 17.0. The summed E-state index contributed by atoms with van der Waals surface area (Å²) in [5, 5.41) is 10.3. The molecule has 1 aliphatic rings. The fraction of sp³-hybridized carbons (Fsp3) is 0.259. The molecule has 0 radical (unpaired) electrons. The number of hydrogen-bond donors (Lipinski definition) is 1. The van der Waals surface area contributed by atoms with E-state index in [9.17, 15) is 9.90 Å². The summed E-state index contributed by atoms with van der Waals surface area (Å²) in [6.45, 7) is 0.397. The zero-order chi connectivity index (χ0) is 22.6. The average molecular weight is 443 g/mol. The number of nitrogens with zero attached hydrogens (tertiary/aromatic N) is 2. The van der Waals surface area contributed by atoms with E-state index in [-0.39, 0.29) is 11.6 Å². The maximum Gasteiger partial charge on any atom is 0.251 e. The van der Waals surface area contributed by atoms with Gasteiger partial charge in [-0.05, 0) is 48.2 Å². The Kier molecular flexibility index (Phi) is 6.09. The molecule has 2 heterocycles. The fourth-order valence-corrected chi connectivity index (χ4v) is 4.45. The van der Waals surface area contributed by atoms with Gasteiger partial charge in [-0.1, -0.05) is 43.2 Å². The predicted octanol–water partition coefficient (Wildman–Crippen LogP) is 5.23. The molecule has 0 bridgehead atoms. The van der Waals surface area contributed by atoms with Gasteiger partial charge in [-0.25, -0.2) is 4.98 Å². The van der Waals surface area contributed by atoms with Gasteiger partial charge in [-0.15, -0.1) is 0 Å². The number of ether oxygens (including phenoxy) is 1. The van der Waals surface area contributed by atoms with E-state index in [0.717, 1.165) is 47.9 Å². The van der Waals surface area contributed by atoms with Crippen LogP contribution in [-0.4, -0.2) is 20.8 Å². The van der Waals surface area contributed by atoms with Crippen LogP contribution < -0.4 is 10.3 Å². The van der Waals surface area contributed by atoms with Crippen LogP contribution in [-0.2, 0) is 6.61 Å². The summed E-state index contributed by atoms with van der Waals surface area (Å²) in [6.07, 6.45) is 8.13. The lowest BCUT2D eigenvalue weighted by Gasteiger charge is -2.29. The predicted molar refractivity (Wildman–Crippen MR) is 126 cm³/mol. The number of aromatic nitrogens is 2. The lowest BCUT2D eigenvalue weighted by Crippen LogP contribution is -2.34. The molecule has 0 amide bonds. The highest BCUT2D eigenvalue weighted by molar-refractivity contribution is 5.69. The van der Waals surface area contributed by atoms with Crippen molar-refractivity contribution in [1.29, 1.82) is 0 Å². The highest BCUT2D eigenvalue weighted by Gasteiger charge is 2.25. The van der Waals surface area contributed by atoms with Crippen LogP contribution in [0.3, 0.4) is 0 Å². The minimum Gasteiger partial charge on any atom is -0.488 e. The van der Waals surface area contributed by atoms with Crippen molar-refractivity contribution < 1.29 is 14.3 Å². The van der Waals surface area contributed by atoms with Gasteiger partial charge in [-0.2, -0.15) is 0 Å². The van der Waals surface area contributed by atoms with Gasteiger partial charge in [0.2, 0.25) is 5.89 Å². The molecule has 2 aromatic heterocycles. The van der Waals surface area contributed by atoms with Crippen LogP contribution in [0.2, 0.25) is 0 Å². The smallest absolute Gasteiger partial charge is 0.251 e. The molecule has 0 spiro atoms. The molecular formula is C27H26N2O4. The zero-order valence-electron chi connectivity index (χ0n) is 18.3. The summed E-state index contributed by atoms with van der Waals surface area (Å²) >= 11 is 0. The number of oxazole rings is 1. The first kappa shape index (κ1) is 21.2. The van der Waals surface area contributed by atoms with Crippen LogP contribution >= 0.6 is 0 Å². The highest BCUT2D eigenvalue weighted by atomic mass is 16.5. The van der Waals surface area contributed by atoms with E-state index >= 15 is 0 Å². The van der Waals surface area contributed by atoms with Crippen molar-refractivity contribution in [3.8, 4) is 28.3 Å². The molecule has 0 aliphatic heterocycles. The first-order valence-electron chi connectivity index (χ1n) is 11.3. The highest BCUT2D eigenvalue weighted by Crippen LogP contribution is 2.31. The Bertz CT molecular complexity index is 1260. The van der Waals surface area contributed by atoms with E-state index in [1.165, 1.54) is 0 Å². The summed E-state index contributed by atoms with van der Waals surface area (Å²) in [7, 11) is 0. The largest absolute Gasteiger partial charge is 0.488 e. The molecule has 1 aliphatic carbocycles. The quantitative estimate of drug-likeness (QED) is 0.443. The number of benzene rings is 2. The molecule has 33 heavy (non-hydrogen) atoms. The van der Waals surface area contributed by atoms with Crippen molar-refractivity contribution in [2.45, 2.75) is 44.4 Å². The molecule has 0 unspecified atom stereocenters. The summed E-state index contributed by atoms with van der Waals surface area (Å²) in [6, 6.07) is 19.0. The molecule has 1 fully saturated rings. The van der Waals surface area contributed by atoms with Crippen LogP contribution in [0.4, 0.5) is 0 Å². The maximum atomic E-state index is 12.9. The third-order valence-corrected chi connectivity index (χ3v) is 6.22. The molecule has 2 aromatic carbocycles. The van der Waals surface area contributed by atoms with Crippen molar-refractivity contribution in [1.82, 2.24) is 9.55 Å². The second kappa shape index (κ2) is 9.46. The van der Waals surface area contributed by atoms with Crippen LogP contribution in [0.5, 0.6) is 5.75 Å². The third kappa shape index (κ3) is 4.61. The molecule has 6 heteroatoms. The number of hydrogen-bond acceptors (Lipinski definition) is 5. The number of aliphatic hydroxyl groups is 1. The Balaban J connectivity index is 1.34. The average Bonchev–Trinajstić information content (AvgIpc) is 3.39. The van der Waals surface area contributed by atoms with Gasteiger partial charge in [-0.3, -0.25) is 4.79 Å². The monoisotopic (exact) mass is 442 g/mol. The Morgan fingerprint density at radius 2 is 1.85 bits per heavy atom. The molecule has 0 saturated heterocycles. The number of para-hydroxylation sites is 1. The van der Waals surface area contributed by atoms with Crippen molar-refractivity contribution in [2.24, 2.45) is 0 Å². The molecule has 1 N–H and O–H groups in total. The lowest BCUT2D eigenvalue weighted by atomic mass is 9.92. The summed E-state index contributed by atoms with van der Waals surface area (Å²) in [5.41, 5.74) is 3.49. The topological polar surface area (TPSA) is 77.5 Å². The van der Waals surface area contributed by atoms with Crippen LogP contribution in [0, 0.1) is 0 Å². The normalized spacial score (nSPS) is 18.2. The van der Waals surface area contributed by atoms with E-state index in [1.807, 2.05) is 54.6 Å². The Morgan fingerprint density at radius 3 is 2.61 bits per heavy atom. The Hall–Kier alpha value is -3.64. The second-order valence-electron chi connectivity index (χ2n) is 8.40. The fourth-order valence-electron chi connectivity index (χ4n) is 4.45. The number of rotatable bonds is 6. The molecule has 6 nitrogen and oxygen atoms in total. The second-order valence-corrected chi connectivity index (χ2v) is 8.40. The Labute approximate surface area is 192 Å². The van der Waals surface area contributed by atoms with Gasteiger partial charge in [0, 0.05) is 23.4 Å². The van der Waals surface area contributed by atoms with Gasteiger partial charge in [0.1, 0.15) is 18.6 Å². The van der Waals surface area contributed by atoms with Gasteiger partial charge in [0.25, 0.3) is 5.56 Å². The lowest BCUT2D eigenvalue weighted by molar-refractivity contribution is 0.0738. The molecular weight excluding hydrogens is 416 g/mol.